The number of carbonyl (C=O) groups excluding carboxylic acids is 1. The van der Waals surface area contributed by atoms with Gasteiger partial charge in [0.1, 0.15) is 6.54 Å². The Bertz CT molecular complexity index is 1130. The molecule has 0 atom stereocenters. The lowest BCUT2D eigenvalue weighted by molar-refractivity contribution is -0.121. The van der Waals surface area contributed by atoms with Gasteiger partial charge >= 0.3 is 0 Å². The van der Waals surface area contributed by atoms with Crippen molar-refractivity contribution >= 4 is 16.9 Å². The number of amides is 1. The molecule has 1 amide bonds. The quantitative estimate of drug-likeness (QED) is 0.494. The summed E-state index contributed by atoms with van der Waals surface area (Å²) >= 11 is 0. The van der Waals surface area contributed by atoms with Crippen LogP contribution in [0.25, 0.3) is 22.2 Å². The normalized spacial score (nSPS) is 11.1. The summed E-state index contributed by atoms with van der Waals surface area (Å²) < 4.78 is 3.62. The average Bonchev–Trinajstić information content (AvgIpc) is 3.29. The first-order valence-corrected chi connectivity index (χ1v) is 9.76. The number of benzene rings is 1. The first kappa shape index (κ1) is 18.9. The van der Waals surface area contributed by atoms with E-state index in [0.29, 0.717) is 6.54 Å². The Labute approximate surface area is 169 Å². The molecule has 0 fully saturated rings. The molecule has 3 aromatic heterocycles. The average molecular weight is 388 g/mol. The highest BCUT2D eigenvalue weighted by molar-refractivity contribution is 5.95. The van der Waals surface area contributed by atoms with Gasteiger partial charge in [-0.3, -0.25) is 9.48 Å². The van der Waals surface area contributed by atoms with Gasteiger partial charge in [0.25, 0.3) is 0 Å². The summed E-state index contributed by atoms with van der Waals surface area (Å²) in [5.74, 6) is -0.0708. The third kappa shape index (κ3) is 4.03. The summed E-state index contributed by atoms with van der Waals surface area (Å²) in [5, 5.41) is 12.8. The summed E-state index contributed by atoms with van der Waals surface area (Å²) in [4.78, 5) is 16.9. The summed E-state index contributed by atoms with van der Waals surface area (Å²) in [6.07, 6.45) is 4.38. The number of hydrogen-bond donors (Lipinski definition) is 1. The second-order valence-corrected chi connectivity index (χ2v) is 7.07. The van der Waals surface area contributed by atoms with Crippen molar-refractivity contribution in [1.82, 2.24) is 29.9 Å². The molecule has 0 aliphatic carbocycles. The summed E-state index contributed by atoms with van der Waals surface area (Å²) in [5.41, 5.74) is 4.91. The first-order valence-electron chi connectivity index (χ1n) is 9.76. The third-order valence-corrected chi connectivity index (χ3v) is 4.98. The molecular weight excluding hydrogens is 364 g/mol. The summed E-state index contributed by atoms with van der Waals surface area (Å²) in [6, 6.07) is 14.1. The van der Waals surface area contributed by atoms with Crippen LogP contribution in [0.3, 0.4) is 0 Å². The maximum atomic E-state index is 12.4. The van der Waals surface area contributed by atoms with Crippen LogP contribution < -0.4 is 5.32 Å². The van der Waals surface area contributed by atoms with Crippen LogP contribution in [0.15, 0.2) is 54.9 Å². The molecule has 1 N–H and O–H groups in total. The van der Waals surface area contributed by atoms with Crippen molar-refractivity contribution in [3.05, 3.63) is 66.2 Å². The largest absolute Gasteiger partial charge is 0.354 e. The van der Waals surface area contributed by atoms with E-state index in [4.69, 9.17) is 0 Å². The van der Waals surface area contributed by atoms with E-state index >= 15 is 0 Å². The zero-order chi connectivity index (χ0) is 20.2. The van der Waals surface area contributed by atoms with E-state index in [0.717, 1.165) is 46.5 Å². The van der Waals surface area contributed by atoms with Crippen molar-refractivity contribution in [3.63, 3.8) is 0 Å². The minimum absolute atomic E-state index is 0.0708. The highest BCUT2D eigenvalue weighted by atomic mass is 16.2. The van der Waals surface area contributed by atoms with Crippen molar-refractivity contribution in [2.45, 2.75) is 33.4 Å². The number of hydrogen-bond acceptors (Lipinski definition) is 4. The van der Waals surface area contributed by atoms with Crippen molar-refractivity contribution < 1.29 is 4.79 Å². The lowest BCUT2D eigenvalue weighted by Gasteiger charge is -2.08. The van der Waals surface area contributed by atoms with Crippen LogP contribution in [-0.4, -0.2) is 37.0 Å². The number of nitrogens with zero attached hydrogens (tertiary/aromatic N) is 5. The van der Waals surface area contributed by atoms with Gasteiger partial charge in [-0.15, -0.1) is 0 Å². The number of fused-ring (bicyclic) bond motifs is 1. The zero-order valence-electron chi connectivity index (χ0n) is 16.7. The van der Waals surface area contributed by atoms with Crippen LogP contribution >= 0.6 is 0 Å². The van der Waals surface area contributed by atoms with Gasteiger partial charge in [-0.1, -0.05) is 30.3 Å². The number of carbonyl (C=O) groups is 1. The first-order chi connectivity index (χ1) is 14.1. The van der Waals surface area contributed by atoms with Crippen LogP contribution in [0.4, 0.5) is 0 Å². The molecule has 29 heavy (non-hydrogen) atoms. The van der Waals surface area contributed by atoms with Gasteiger partial charge in [0, 0.05) is 36.6 Å². The Kier molecular flexibility index (Phi) is 5.37. The fraction of sp³-hybridized carbons (Fsp3) is 0.273. The molecule has 0 bridgehead atoms. The van der Waals surface area contributed by atoms with E-state index in [-0.39, 0.29) is 12.5 Å². The number of pyridine rings is 1. The predicted molar refractivity (Wildman–Crippen MR) is 112 cm³/mol. The van der Waals surface area contributed by atoms with Gasteiger partial charge in [0.05, 0.1) is 5.69 Å². The molecule has 4 rings (SSSR count). The Morgan fingerprint density at radius 2 is 1.86 bits per heavy atom. The SMILES string of the molecule is Cc1nn(CC(=O)NCCCn2nccc2C)c2nccc(-c3ccccc3)c12. The molecule has 1 aromatic carbocycles. The van der Waals surface area contributed by atoms with Crippen molar-refractivity contribution in [2.24, 2.45) is 0 Å². The molecule has 0 spiro atoms. The zero-order valence-corrected chi connectivity index (χ0v) is 16.7. The molecular formula is C22H24N6O. The number of nitrogens with one attached hydrogen (secondary N) is 1. The van der Waals surface area contributed by atoms with Crippen LogP contribution in [0, 0.1) is 13.8 Å². The van der Waals surface area contributed by atoms with Gasteiger partial charge < -0.3 is 5.32 Å². The Hall–Kier alpha value is -3.48. The van der Waals surface area contributed by atoms with E-state index in [9.17, 15) is 4.79 Å². The topological polar surface area (TPSA) is 77.6 Å². The van der Waals surface area contributed by atoms with E-state index in [2.05, 4.69) is 32.6 Å². The number of aromatic nitrogens is 5. The fourth-order valence-electron chi connectivity index (χ4n) is 3.53. The highest BCUT2D eigenvalue weighted by Gasteiger charge is 2.15. The van der Waals surface area contributed by atoms with Gasteiger partial charge in [0.15, 0.2) is 5.65 Å². The minimum atomic E-state index is -0.0708. The molecule has 3 heterocycles. The van der Waals surface area contributed by atoms with Crippen LogP contribution in [0.1, 0.15) is 17.8 Å². The maximum Gasteiger partial charge on any atom is 0.241 e. The molecule has 4 aromatic rings. The predicted octanol–water partition coefficient (Wildman–Crippen LogP) is 3.12. The Morgan fingerprint density at radius 3 is 2.62 bits per heavy atom. The standard InChI is InChI=1S/C22H24N6O/c1-16-9-13-25-27(16)14-6-11-23-20(29)15-28-22-21(17(2)26-28)19(10-12-24-22)18-7-4-3-5-8-18/h3-5,7-10,12-13H,6,11,14-15H2,1-2H3,(H,23,29). The van der Waals surface area contributed by atoms with E-state index in [1.807, 2.05) is 48.9 Å². The maximum absolute atomic E-state index is 12.4. The molecule has 0 saturated heterocycles. The molecule has 0 radical (unpaired) electrons. The molecule has 148 valence electrons. The van der Waals surface area contributed by atoms with Crippen molar-refractivity contribution in [1.29, 1.82) is 0 Å². The lowest BCUT2D eigenvalue weighted by Crippen LogP contribution is -2.29. The number of rotatable bonds is 7. The van der Waals surface area contributed by atoms with Crippen LogP contribution in [0.2, 0.25) is 0 Å². The number of aryl methyl sites for hydroxylation is 3. The van der Waals surface area contributed by atoms with E-state index in [1.165, 1.54) is 0 Å². The second kappa shape index (κ2) is 8.26. The van der Waals surface area contributed by atoms with Crippen LogP contribution in [0.5, 0.6) is 0 Å². The lowest BCUT2D eigenvalue weighted by atomic mass is 10.0. The molecule has 0 aliphatic heterocycles. The smallest absolute Gasteiger partial charge is 0.241 e. The molecule has 7 heteroatoms. The van der Waals surface area contributed by atoms with E-state index in [1.54, 1.807) is 17.1 Å². The van der Waals surface area contributed by atoms with E-state index < -0.39 is 0 Å². The Morgan fingerprint density at radius 1 is 1.03 bits per heavy atom. The van der Waals surface area contributed by atoms with Crippen molar-refractivity contribution in [2.75, 3.05) is 6.54 Å². The molecule has 0 saturated carbocycles. The minimum Gasteiger partial charge on any atom is -0.354 e. The van der Waals surface area contributed by atoms with Gasteiger partial charge in [-0.25, -0.2) is 9.67 Å². The van der Waals surface area contributed by atoms with Gasteiger partial charge in [-0.05, 0) is 43.5 Å². The van der Waals surface area contributed by atoms with Gasteiger partial charge in [-0.2, -0.15) is 10.2 Å². The van der Waals surface area contributed by atoms with Gasteiger partial charge in [0.2, 0.25) is 5.91 Å². The summed E-state index contributed by atoms with van der Waals surface area (Å²) in [6.45, 7) is 5.50. The van der Waals surface area contributed by atoms with Crippen molar-refractivity contribution in [3.8, 4) is 11.1 Å². The highest BCUT2D eigenvalue weighted by Crippen LogP contribution is 2.29. The third-order valence-electron chi connectivity index (χ3n) is 4.98. The van der Waals surface area contributed by atoms with Crippen LogP contribution in [-0.2, 0) is 17.9 Å². The monoisotopic (exact) mass is 388 g/mol. The summed E-state index contributed by atoms with van der Waals surface area (Å²) in [7, 11) is 0. The Balaban J connectivity index is 1.44. The second-order valence-electron chi connectivity index (χ2n) is 7.07. The molecule has 7 nitrogen and oxygen atoms in total. The fourth-order valence-corrected chi connectivity index (χ4v) is 3.53. The molecule has 0 aliphatic rings. The molecule has 0 unspecified atom stereocenters.